The third kappa shape index (κ3) is 3.32. The van der Waals surface area contributed by atoms with Crippen molar-refractivity contribution in [2.75, 3.05) is 0 Å². The topological polar surface area (TPSA) is 70.5 Å². The number of carbonyl (C=O) groups is 1. The molecule has 146 valence electrons. The largest absolute Gasteiger partial charge is 0.333 e. The average molecular weight is 382 g/mol. The van der Waals surface area contributed by atoms with Crippen molar-refractivity contribution in [3.8, 4) is 0 Å². The standard InChI is InChI=1S/C21H23FN4O2/c1-13-11-19(27)26-20(24-13)18(12-23-26)21(28)25-14(2)3-9-17(25)10-6-15-4-7-16(22)8-5-15/h4-5,7-8,11-12,14,17,23H,3,6,9-10H2,1-2H3/t14-,17-/m1/s1. The minimum atomic E-state index is -0.243. The minimum absolute atomic E-state index is 0.106. The van der Waals surface area contributed by atoms with Crippen LogP contribution < -0.4 is 5.56 Å². The lowest BCUT2D eigenvalue weighted by atomic mass is 10.0. The minimum Gasteiger partial charge on any atom is -0.333 e. The molecule has 2 aromatic heterocycles. The first-order valence-electron chi connectivity index (χ1n) is 9.59. The van der Waals surface area contributed by atoms with Crippen LogP contribution in [0.1, 0.15) is 47.8 Å². The molecular weight excluding hydrogens is 359 g/mol. The van der Waals surface area contributed by atoms with Crippen molar-refractivity contribution >= 4 is 11.6 Å². The molecule has 7 heteroatoms. The van der Waals surface area contributed by atoms with Crippen molar-refractivity contribution in [1.29, 1.82) is 0 Å². The number of likely N-dealkylation sites (tertiary alicyclic amines) is 1. The number of hydrogen-bond donors (Lipinski definition) is 1. The van der Waals surface area contributed by atoms with Gasteiger partial charge in [-0.1, -0.05) is 12.1 Å². The molecule has 1 aliphatic rings. The SMILES string of the molecule is Cc1cc(=O)n2[nH]cc(C(=O)N3[C@@H](CCc4ccc(F)cc4)CC[C@H]3C)c2n1. The smallest absolute Gasteiger partial charge is 0.272 e. The van der Waals surface area contributed by atoms with E-state index >= 15 is 0 Å². The molecule has 3 aromatic rings. The molecule has 1 N–H and O–H groups in total. The number of carbonyl (C=O) groups excluding carboxylic acids is 1. The van der Waals surface area contributed by atoms with E-state index in [1.165, 1.54) is 22.7 Å². The Labute approximate surface area is 162 Å². The van der Waals surface area contributed by atoms with Crippen LogP contribution in [0, 0.1) is 12.7 Å². The Morgan fingerprint density at radius 1 is 1.29 bits per heavy atom. The van der Waals surface area contributed by atoms with Crippen molar-refractivity contribution < 1.29 is 9.18 Å². The van der Waals surface area contributed by atoms with E-state index in [1.807, 2.05) is 4.90 Å². The van der Waals surface area contributed by atoms with Gasteiger partial charge in [-0.25, -0.2) is 13.9 Å². The number of nitrogens with zero attached hydrogens (tertiary/aromatic N) is 3. The van der Waals surface area contributed by atoms with E-state index < -0.39 is 0 Å². The number of nitrogens with one attached hydrogen (secondary N) is 1. The normalized spacial score (nSPS) is 19.5. The highest BCUT2D eigenvalue weighted by molar-refractivity contribution is 6.00. The lowest BCUT2D eigenvalue weighted by molar-refractivity contribution is 0.0674. The molecule has 4 rings (SSSR count). The van der Waals surface area contributed by atoms with Gasteiger partial charge in [0.05, 0.1) is 0 Å². The van der Waals surface area contributed by atoms with E-state index in [2.05, 4.69) is 17.0 Å². The maximum atomic E-state index is 13.3. The van der Waals surface area contributed by atoms with Crippen molar-refractivity contribution in [2.24, 2.45) is 0 Å². The number of hydrogen-bond acceptors (Lipinski definition) is 3. The molecule has 0 radical (unpaired) electrons. The van der Waals surface area contributed by atoms with Gasteiger partial charge in [-0.05, 0) is 57.2 Å². The summed E-state index contributed by atoms with van der Waals surface area (Å²) >= 11 is 0. The fourth-order valence-electron chi connectivity index (χ4n) is 4.10. The van der Waals surface area contributed by atoms with Crippen LogP contribution in [0.25, 0.3) is 5.65 Å². The van der Waals surface area contributed by atoms with Gasteiger partial charge >= 0.3 is 0 Å². The Morgan fingerprint density at radius 2 is 2.04 bits per heavy atom. The number of benzene rings is 1. The number of aromatic amines is 1. The Kier molecular flexibility index (Phi) is 4.75. The van der Waals surface area contributed by atoms with Crippen molar-refractivity contribution in [3.63, 3.8) is 0 Å². The second-order valence-electron chi connectivity index (χ2n) is 7.54. The third-order valence-corrected chi connectivity index (χ3v) is 5.56. The second-order valence-corrected chi connectivity index (χ2v) is 7.54. The first kappa shape index (κ1) is 18.4. The van der Waals surface area contributed by atoms with Crippen molar-refractivity contribution in [3.05, 3.63) is 69.5 Å². The van der Waals surface area contributed by atoms with Gasteiger partial charge in [0.2, 0.25) is 0 Å². The van der Waals surface area contributed by atoms with E-state index in [0.29, 0.717) is 16.9 Å². The third-order valence-electron chi connectivity index (χ3n) is 5.56. The molecule has 1 aromatic carbocycles. The summed E-state index contributed by atoms with van der Waals surface area (Å²) in [6.07, 6.45) is 5.04. The monoisotopic (exact) mass is 382 g/mol. The molecule has 2 atom stereocenters. The van der Waals surface area contributed by atoms with Gasteiger partial charge in [0.1, 0.15) is 11.4 Å². The van der Waals surface area contributed by atoms with Crippen LogP contribution in [0.15, 0.2) is 41.3 Å². The maximum absolute atomic E-state index is 13.3. The fraction of sp³-hybridized carbons (Fsp3) is 0.381. The summed E-state index contributed by atoms with van der Waals surface area (Å²) in [7, 11) is 0. The first-order valence-corrected chi connectivity index (χ1v) is 9.59. The van der Waals surface area contributed by atoms with E-state index in [4.69, 9.17) is 0 Å². The van der Waals surface area contributed by atoms with E-state index in [9.17, 15) is 14.0 Å². The summed E-state index contributed by atoms with van der Waals surface area (Å²) in [5, 5.41) is 2.84. The Hall–Kier alpha value is -2.96. The highest BCUT2D eigenvalue weighted by atomic mass is 19.1. The number of H-pyrrole nitrogens is 1. The second kappa shape index (κ2) is 7.22. The van der Waals surface area contributed by atoms with Crippen LogP contribution in [-0.4, -0.2) is 37.5 Å². The number of rotatable bonds is 4. The summed E-state index contributed by atoms with van der Waals surface area (Å²) in [5.74, 6) is -0.349. The van der Waals surface area contributed by atoms with Gasteiger partial charge in [0, 0.05) is 30.0 Å². The zero-order chi connectivity index (χ0) is 19.8. The van der Waals surface area contributed by atoms with Crippen LogP contribution >= 0.6 is 0 Å². The lowest BCUT2D eigenvalue weighted by Gasteiger charge is -2.28. The van der Waals surface area contributed by atoms with Crippen LogP contribution in [0.3, 0.4) is 0 Å². The molecule has 28 heavy (non-hydrogen) atoms. The molecule has 0 unspecified atom stereocenters. The van der Waals surface area contributed by atoms with Crippen LogP contribution in [0.2, 0.25) is 0 Å². The zero-order valence-electron chi connectivity index (χ0n) is 16.0. The van der Waals surface area contributed by atoms with Crippen molar-refractivity contribution in [2.45, 2.75) is 51.6 Å². The Bertz CT molecular complexity index is 1070. The van der Waals surface area contributed by atoms with Crippen LogP contribution in [0.4, 0.5) is 4.39 Å². The number of amides is 1. The van der Waals surface area contributed by atoms with Crippen LogP contribution in [0.5, 0.6) is 0 Å². The number of aryl methyl sites for hydroxylation is 2. The summed E-state index contributed by atoms with van der Waals surface area (Å²) in [6.45, 7) is 3.79. The fourth-order valence-corrected chi connectivity index (χ4v) is 4.10. The van der Waals surface area contributed by atoms with E-state index in [-0.39, 0.29) is 29.4 Å². The number of halogens is 1. The number of fused-ring (bicyclic) bond motifs is 1. The van der Waals surface area contributed by atoms with Gasteiger partial charge in [0.25, 0.3) is 11.5 Å². The molecular formula is C21H23FN4O2. The highest BCUT2D eigenvalue weighted by Crippen LogP contribution is 2.29. The van der Waals surface area contributed by atoms with E-state index in [1.54, 1.807) is 25.3 Å². The van der Waals surface area contributed by atoms with Crippen LogP contribution in [-0.2, 0) is 6.42 Å². The lowest BCUT2D eigenvalue weighted by Crippen LogP contribution is -2.40. The molecule has 0 aliphatic carbocycles. The molecule has 0 spiro atoms. The predicted molar refractivity (Wildman–Crippen MR) is 104 cm³/mol. The van der Waals surface area contributed by atoms with Gasteiger partial charge in [-0.3, -0.25) is 14.7 Å². The van der Waals surface area contributed by atoms with Gasteiger partial charge in [-0.2, -0.15) is 0 Å². The first-order chi connectivity index (χ1) is 13.4. The Morgan fingerprint density at radius 3 is 2.79 bits per heavy atom. The van der Waals surface area contributed by atoms with Gasteiger partial charge < -0.3 is 4.90 Å². The number of aromatic nitrogens is 3. The molecule has 0 saturated carbocycles. The Balaban J connectivity index is 1.58. The molecule has 1 fully saturated rings. The summed E-state index contributed by atoms with van der Waals surface area (Å²) in [4.78, 5) is 31.7. The molecule has 1 saturated heterocycles. The molecule has 3 heterocycles. The molecule has 1 aliphatic heterocycles. The molecule has 1 amide bonds. The summed E-state index contributed by atoms with van der Waals surface area (Å²) < 4.78 is 14.4. The predicted octanol–water partition coefficient (Wildman–Crippen LogP) is 3.10. The molecule has 0 bridgehead atoms. The van der Waals surface area contributed by atoms with Gasteiger partial charge in [-0.15, -0.1) is 0 Å². The van der Waals surface area contributed by atoms with Gasteiger partial charge in [0.15, 0.2) is 5.65 Å². The molecule has 6 nitrogen and oxygen atoms in total. The van der Waals surface area contributed by atoms with Crippen molar-refractivity contribution in [1.82, 2.24) is 19.5 Å². The average Bonchev–Trinajstić information content (AvgIpc) is 3.24. The highest BCUT2D eigenvalue weighted by Gasteiger charge is 2.35. The van der Waals surface area contributed by atoms with E-state index in [0.717, 1.165) is 31.2 Å². The quantitative estimate of drug-likeness (QED) is 0.754. The zero-order valence-corrected chi connectivity index (χ0v) is 16.0. The summed E-state index contributed by atoms with van der Waals surface area (Å²) in [5.41, 5.74) is 2.20. The maximum Gasteiger partial charge on any atom is 0.272 e. The summed E-state index contributed by atoms with van der Waals surface area (Å²) in [6, 6.07) is 8.18.